The quantitative estimate of drug-likeness (QED) is 0.606. The number of nitrogens with two attached hydrogens (primary N) is 1. The van der Waals surface area contributed by atoms with E-state index in [1.54, 1.807) is 0 Å². The number of carbonyl (C=O) groups excluding carboxylic acids is 1. The van der Waals surface area contributed by atoms with Crippen molar-refractivity contribution in [2.75, 3.05) is 5.73 Å². The number of aryl methyl sites for hydroxylation is 2. The molecule has 0 aliphatic rings. The van der Waals surface area contributed by atoms with Gasteiger partial charge >= 0.3 is 0 Å². The Kier molecular flexibility index (Phi) is 5.79. The number of thiophene rings is 1. The largest absolute Gasteiger partial charge is 0.397 e. The lowest BCUT2D eigenvalue weighted by Crippen LogP contribution is -2.23. The van der Waals surface area contributed by atoms with Gasteiger partial charge in [0.2, 0.25) is 15.3 Å². The molecule has 0 spiro atoms. The first-order valence-corrected chi connectivity index (χ1v) is 11.2. The molecule has 0 bridgehead atoms. The normalized spacial score (nSPS) is 12.9. The number of nitrogens with zero attached hydrogens (tertiary/aromatic N) is 2. The van der Waals surface area contributed by atoms with Crippen molar-refractivity contribution in [2.24, 2.45) is 0 Å². The molecule has 29 heavy (non-hydrogen) atoms. The topological polar surface area (TPSA) is 115 Å². The van der Waals surface area contributed by atoms with Crippen LogP contribution in [0, 0.1) is 13.8 Å². The maximum absolute atomic E-state index is 13.3. The lowest BCUT2D eigenvalue weighted by molar-refractivity contribution is 0.0956. The Bertz CT molecular complexity index is 1230. The predicted molar refractivity (Wildman–Crippen MR) is 112 cm³/mol. The highest BCUT2D eigenvalue weighted by atomic mass is 35.5. The van der Waals surface area contributed by atoms with Gasteiger partial charge in [-0.15, -0.1) is 16.4 Å². The molecular weight excluding hydrogens is 439 g/mol. The van der Waals surface area contributed by atoms with Crippen molar-refractivity contribution >= 4 is 54.6 Å². The molecule has 3 rings (SSSR count). The Morgan fingerprint density at radius 2 is 2.03 bits per heavy atom. The number of hydrogen-bond donors (Lipinski definition) is 2. The van der Waals surface area contributed by atoms with Gasteiger partial charge in [0.25, 0.3) is 5.91 Å². The number of amides is 1. The zero-order chi connectivity index (χ0) is 21.5. The minimum atomic E-state index is -4.08. The van der Waals surface area contributed by atoms with Crippen molar-refractivity contribution in [1.82, 2.24) is 15.5 Å². The van der Waals surface area contributed by atoms with Crippen LogP contribution in [-0.4, -0.2) is 30.0 Å². The first-order valence-electron chi connectivity index (χ1n) is 8.50. The Morgan fingerprint density at radius 1 is 1.34 bits per heavy atom. The second-order valence-electron chi connectivity index (χ2n) is 6.46. The minimum Gasteiger partial charge on any atom is -0.397 e. The van der Waals surface area contributed by atoms with E-state index in [2.05, 4.69) is 15.5 Å². The van der Waals surface area contributed by atoms with Crippen LogP contribution < -0.4 is 11.1 Å². The lowest BCUT2D eigenvalue weighted by atomic mass is 10.1. The third-order valence-electron chi connectivity index (χ3n) is 4.56. The van der Waals surface area contributed by atoms with Crippen molar-refractivity contribution in [2.45, 2.75) is 37.7 Å². The summed E-state index contributed by atoms with van der Waals surface area (Å²) in [5.41, 5.74) is 6.53. The predicted octanol–water partition coefficient (Wildman–Crippen LogP) is 3.56. The van der Waals surface area contributed by atoms with Crippen molar-refractivity contribution < 1.29 is 17.6 Å². The molecule has 0 saturated heterocycles. The van der Waals surface area contributed by atoms with Crippen LogP contribution in [0.4, 0.5) is 10.1 Å². The molecule has 7 nitrogen and oxygen atoms in total. The van der Waals surface area contributed by atoms with Crippen molar-refractivity contribution in [3.63, 3.8) is 0 Å². The van der Waals surface area contributed by atoms with Crippen LogP contribution in [0.3, 0.4) is 0 Å². The fourth-order valence-electron chi connectivity index (χ4n) is 2.70. The molecule has 1 unspecified atom stereocenters. The first kappa shape index (κ1) is 21.4. The monoisotopic (exact) mass is 456 g/mol. The van der Waals surface area contributed by atoms with Crippen LogP contribution in [0.1, 0.15) is 33.4 Å². The summed E-state index contributed by atoms with van der Waals surface area (Å²) in [7, 11) is -4.08. The van der Waals surface area contributed by atoms with E-state index in [0.717, 1.165) is 29.5 Å². The number of alkyl halides is 1. The van der Waals surface area contributed by atoms with Gasteiger partial charge in [0.15, 0.2) is 0 Å². The Morgan fingerprint density at radius 3 is 2.66 bits per heavy atom. The second kappa shape index (κ2) is 7.85. The minimum absolute atomic E-state index is 0.0422. The number of aromatic nitrogens is 2. The van der Waals surface area contributed by atoms with E-state index in [0.29, 0.717) is 26.3 Å². The number of carbonyl (C=O) groups is 1. The zero-order valence-electron chi connectivity index (χ0n) is 15.8. The smallest absolute Gasteiger partial charge is 0.263 e. The molecule has 0 radical (unpaired) electrons. The maximum atomic E-state index is 13.3. The number of nitrogen functional groups attached to an aromatic ring is 1. The third kappa shape index (κ3) is 3.92. The SMILES string of the molecule is Cc1nnc2sc(C(=O)NCc3ccc(S(=O)(=O)C(C)F)cc3Cl)c(N)c2c1C. The Labute approximate surface area is 176 Å². The second-order valence-corrected chi connectivity index (χ2v) is 10.1. The van der Waals surface area contributed by atoms with Crippen molar-refractivity contribution in [1.29, 1.82) is 0 Å². The summed E-state index contributed by atoms with van der Waals surface area (Å²) in [6.45, 7) is 4.67. The van der Waals surface area contributed by atoms with Gasteiger partial charge in [-0.3, -0.25) is 4.79 Å². The van der Waals surface area contributed by atoms with Crippen LogP contribution in [0.25, 0.3) is 10.2 Å². The summed E-state index contributed by atoms with van der Waals surface area (Å²) < 4.78 is 37.1. The molecule has 0 aliphatic heterocycles. The molecule has 3 aromatic rings. The van der Waals surface area contributed by atoms with E-state index in [9.17, 15) is 17.6 Å². The molecule has 3 N–H and O–H groups in total. The summed E-state index contributed by atoms with van der Waals surface area (Å²) >= 11 is 7.26. The number of nitrogens with one attached hydrogen (secondary N) is 1. The van der Waals surface area contributed by atoms with E-state index in [-0.39, 0.29) is 16.5 Å². The number of fused-ring (bicyclic) bond motifs is 1. The molecule has 1 amide bonds. The van der Waals surface area contributed by atoms with Crippen LogP contribution in [0.15, 0.2) is 23.1 Å². The Hall–Kier alpha value is -2.30. The average molecular weight is 457 g/mol. The summed E-state index contributed by atoms with van der Waals surface area (Å²) in [4.78, 5) is 13.3. The molecule has 11 heteroatoms. The van der Waals surface area contributed by atoms with Crippen LogP contribution in [-0.2, 0) is 16.4 Å². The van der Waals surface area contributed by atoms with Crippen molar-refractivity contribution in [3.05, 3.63) is 44.9 Å². The number of halogens is 2. The third-order valence-corrected chi connectivity index (χ3v) is 7.77. The lowest BCUT2D eigenvalue weighted by Gasteiger charge is -2.10. The van der Waals surface area contributed by atoms with E-state index >= 15 is 0 Å². The molecule has 1 aromatic carbocycles. The molecule has 154 valence electrons. The highest BCUT2D eigenvalue weighted by molar-refractivity contribution is 7.91. The molecule has 0 aliphatic carbocycles. The molecule has 0 fully saturated rings. The standard InChI is InChI=1S/C18H18ClFN4O3S2/c1-8-9(2)23-24-18-14(8)15(21)16(28-18)17(25)22-7-11-4-5-12(6-13(11)19)29(26,27)10(3)20/h4-6,10H,7,21H2,1-3H3,(H,22,25). The van der Waals surface area contributed by atoms with Gasteiger partial charge in [-0.2, -0.15) is 5.10 Å². The summed E-state index contributed by atoms with van der Waals surface area (Å²) in [5, 5.41) is 11.7. The van der Waals surface area contributed by atoms with Gasteiger partial charge in [-0.1, -0.05) is 17.7 Å². The van der Waals surface area contributed by atoms with Gasteiger partial charge < -0.3 is 11.1 Å². The van der Waals surface area contributed by atoms with Gasteiger partial charge in [0.05, 0.1) is 16.3 Å². The van der Waals surface area contributed by atoms with E-state index < -0.39 is 21.2 Å². The average Bonchev–Trinajstić information content (AvgIpc) is 3.00. The van der Waals surface area contributed by atoms with E-state index in [1.807, 2.05) is 13.8 Å². The molecule has 2 aromatic heterocycles. The molecule has 0 saturated carbocycles. The van der Waals surface area contributed by atoms with Gasteiger partial charge in [-0.25, -0.2) is 12.8 Å². The summed E-state index contributed by atoms with van der Waals surface area (Å²) in [6, 6.07) is 3.86. The van der Waals surface area contributed by atoms with E-state index in [1.165, 1.54) is 18.2 Å². The fraction of sp³-hybridized carbons (Fsp3) is 0.278. The molecular formula is C18H18ClFN4O3S2. The number of hydrogen-bond acceptors (Lipinski definition) is 7. The number of benzene rings is 1. The van der Waals surface area contributed by atoms with Crippen LogP contribution >= 0.6 is 22.9 Å². The highest BCUT2D eigenvalue weighted by Crippen LogP contribution is 2.35. The zero-order valence-corrected chi connectivity index (χ0v) is 18.2. The highest BCUT2D eigenvalue weighted by Gasteiger charge is 2.24. The van der Waals surface area contributed by atoms with Crippen LogP contribution in [0.5, 0.6) is 0 Å². The van der Waals surface area contributed by atoms with Crippen molar-refractivity contribution in [3.8, 4) is 0 Å². The number of sulfone groups is 1. The molecule has 1 atom stereocenters. The maximum Gasteiger partial charge on any atom is 0.263 e. The fourth-order valence-corrected chi connectivity index (χ4v) is 4.94. The number of anilines is 1. The summed E-state index contributed by atoms with van der Waals surface area (Å²) in [6.07, 6.45) is 0. The first-order chi connectivity index (χ1) is 13.5. The van der Waals surface area contributed by atoms with E-state index in [4.69, 9.17) is 17.3 Å². The summed E-state index contributed by atoms with van der Waals surface area (Å²) in [5.74, 6) is -0.410. The van der Waals surface area contributed by atoms with Crippen LogP contribution in [0.2, 0.25) is 5.02 Å². The van der Waals surface area contributed by atoms with Gasteiger partial charge in [0.1, 0.15) is 9.71 Å². The molecule has 2 heterocycles. The number of rotatable bonds is 5. The Balaban J connectivity index is 1.82. The van der Waals surface area contributed by atoms with Gasteiger partial charge in [-0.05, 0) is 44.0 Å². The van der Waals surface area contributed by atoms with Gasteiger partial charge in [0, 0.05) is 17.0 Å².